The normalized spacial score (nSPS) is 10.2. The van der Waals surface area contributed by atoms with E-state index in [4.69, 9.17) is 11.6 Å². The highest BCUT2D eigenvalue weighted by Crippen LogP contribution is 2.13. The zero-order valence-corrected chi connectivity index (χ0v) is 12.0. The van der Waals surface area contributed by atoms with Crippen molar-refractivity contribution in [3.8, 4) is 0 Å². The lowest BCUT2D eigenvalue weighted by Crippen LogP contribution is -2.27. The molecule has 0 spiro atoms. The van der Waals surface area contributed by atoms with Crippen LogP contribution in [-0.4, -0.2) is 15.5 Å². The van der Waals surface area contributed by atoms with E-state index in [0.717, 1.165) is 4.47 Å². The highest BCUT2D eigenvalue weighted by atomic mass is 79.9. The van der Waals surface area contributed by atoms with Gasteiger partial charge >= 0.3 is 0 Å². The number of carbonyl (C=O) groups is 1. The summed E-state index contributed by atoms with van der Waals surface area (Å²) < 4.78 is 2.12. The van der Waals surface area contributed by atoms with Crippen molar-refractivity contribution in [1.82, 2.24) is 9.55 Å². The van der Waals surface area contributed by atoms with Crippen molar-refractivity contribution in [2.75, 3.05) is 5.32 Å². The number of carbonyl (C=O) groups excluding carboxylic acids is 1. The fourth-order valence-corrected chi connectivity index (χ4v) is 1.86. The summed E-state index contributed by atoms with van der Waals surface area (Å²) in [6.45, 7) is -0.114. The van der Waals surface area contributed by atoms with Gasteiger partial charge in [-0.25, -0.2) is 4.98 Å². The molecule has 0 saturated heterocycles. The number of aromatic nitrogens is 2. The van der Waals surface area contributed by atoms with Gasteiger partial charge in [0.1, 0.15) is 6.54 Å². The smallest absolute Gasteiger partial charge is 0.288 e. The zero-order chi connectivity index (χ0) is 13.8. The summed E-state index contributed by atoms with van der Waals surface area (Å²) >= 11 is 8.90. The van der Waals surface area contributed by atoms with Gasteiger partial charge in [0.2, 0.25) is 5.91 Å². The molecule has 1 aromatic heterocycles. The van der Waals surface area contributed by atoms with Crippen LogP contribution in [0.5, 0.6) is 0 Å². The van der Waals surface area contributed by atoms with Gasteiger partial charge in [-0.15, -0.1) is 0 Å². The number of rotatable bonds is 3. The second-order valence-electron chi connectivity index (χ2n) is 3.71. The lowest BCUT2D eigenvalue weighted by molar-refractivity contribution is -0.116. The van der Waals surface area contributed by atoms with E-state index in [1.165, 1.54) is 17.0 Å². The number of amides is 1. The molecule has 0 saturated carbocycles. The minimum Gasteiger partial charge on any atom is -0.325 e. The third-order valence-electron chi connectivity index (χ3n) is 2.31. The van der Waals surface area contributed by atoms with Gasteiger partial charge in [0, 0.05) is 22.6 Å². The maximum absolute atomic E-state index is 11.8. The highest BCUT2D eigenvalue weighted by molar-refractivity contribution is 9.10. The Morgan fingerprint density at radius 3 is 2.74 bits per heavy atom. The molecule has 1 amide bonds. The molecule has 1 aromatic carbocycles. The maximum atomic E-state index is 11.8. The average Bonchev–Trinajstić information content (AvgIpc) is 2.38. The monoisotopic (exact) mass is 341 g/mol. The molecule has 5 nitrogen and oxygen atoms in total. The Balaban J connectivity index is 2.07. The predicted octanol–water partition coefficient (Wildman–Crippen LogP) is 2.30. The molecule has 0 unspecified atom stereocenters. The summed E-state index contributed by atoms with van der Waals surface area (Å²) in [6, 6.07) is 7.13. The number of hydrogen-bond donors (Lipinski definition) is 1. The summed E-state index contributed by atoms with van der Waals surface area (Å²) in [5.41, 5.74) is 0.163. The molecular formula is C12H9BrClN3O2. The van der Waals surface area contributed by atoms with Crippen LogP contribution in [0.3, 0.4) is 0 Å². The molecule has 0 aliphatic heterocycles. The Morgan fingerprint density at radius 2 is 2.05 bits per heavy atom. The number of hydrogen-bond acceptors (Lipinski definition) is 3. The molecule has 1 heterocycles. The van der Waals surface area contributed by atoms with E-state index in [9.17, 15) is 9.59 Å². The number of nitrogens with one attached hydrogen (secondary N) is 1. The Labute approximate surface area is 122 Å². The van der Waals surface area contributed by atoms with Crippen LogP contribution < -0.4 is 10.9 Å². The summed E-state index contributed by atoms with van der Waals surface area (Å²) in [5, 5.41) is 2.53. The molecule has 0 atom stereocenters. The molecule has 2 aromatic rings. The van der Waals surface area contributed by atoms with Crippen LogP contribution in [-0.2, 0) is 11.3 Å². The lowest BCUT2D eigenvalue weighted by atomic mass is 10.3. The molecule has 1 N–H and O–H groups in total. The number of nitrogens with zero attached hydrogens (tertiary/aromatic N) is 2. The van der Waals surface area contributed by atoms with Gasteiger partial charge < -0.3 is 9.88 Å². The van der Waals surface area contributed by atoms with E-state index in [1.54, 1.807) is 12.1 Å². The van der Waals surface area contributed by atoms with Crippen molar-refractivity contribution in [1.29, 1.82) is 0 Å². The largest absolute Gasteiger partial charge is 0.325 e. The van der Waals surface area contributed by atoms with E-state index in [2.05, 4.69) is 26.2 Å². The fourth-order valence-electron chi connectivity index (χ4n) is 1.43. The van der Waals surface area contributed by atoms with E-state index < -0.39 is 5.56 Å². The molecular weight excluding hydrogens is 334 g/mol. The molecule has 0 fully saturated rings. The molecule has 2 rings (SSSR count). The third-order valence-corrected chi connectivity index (χ3v) is 3.10. The van der Waals surface area contributed by atoms with E-state index in [-0.39, 0.29) is 17.6 Å². The van der Waals surface area contributed by atoms with E-state index in [0.29, 0.717) is 5.69 Å². The van der Waals surface area contributed by atoms with Gasteiger partial charge in [-0.2, -0.15) is 0 Å². The highest BCUT2D eigenvalue weighted by Gasteiger charge is 2.07. The Bertz CT molecular complexity index is 655. The molecule has 0 bridgehead atoms. The van der Waals surface area contributed by atoms with E-state index >= 15 is 0 Å². The third kappa shape index (κ3) is 3.65. The average molecular weight is 343 g/mol. The minimum atomic E-state index is -0.491. The van der Waals surface area contributed by atoms with Crippen molar-refractivity contribution >= 4 is 39.1 Å². The summed E-state index contributed by atoms with van der Waals surface area (Å²) in [4.78, 5) is 27.0. The molecule has 0 aliphatic carbocycles. The van der Waals surface area contributed by atoms with Crippen LogP contribution in [0.4, 0.5) is 5.69 Å². The number of benzene rings is 1. The van der Waals surface area contributed by atoms with Gasteiger partial charge in [-0.1, -0.05) is 27.5 Å². The van der Waals surface area contributed by atoms with Crippen LogP contribution in [0.25, 0.3) is 0 Å². The van der Waals surface area contributed by atoms with Crippen LogP contribution in [0, 0.1) is 0 Å². The predicted molar refractivity (Wildman–Crippen MR) is 76.3 cm³/mol. The molecule has 0 radical (unpaired) electrons. The quantitative estimate of drug-likeness (QED) is 0.931. The van der Waals surface area contributed by atoms with Crippen molar-refractivity contribution < 1.29 is 4.79 Å². The van der Waals surface area contributed by atoms with Gasteiger partial charge in [-0.3, -0.25) is 9.59 Å². The van der Waals surface area contributed by atoms with Crippen molar-refractivity contribution in [3.05, 3.63) is 56.6 Å². The van der Waals surface area contributed by atoms with Crippen LogP contribution in [0.2, 0.25) is 5.15 Å². The Hall–Kier alpha value is -1.66. The van der Waals surface area contributed by atoms with Gasteiger partial charge in [0.05, 0.1) is 0 Å². The summed E-state index contributed by atoms with van der Waals surface area (Å²) in [7, 11) is 0. The minimum absolute atomic E-state index is 0.114. The van der Waals surface area contributed by atoms with Crippen LogP contribution in [0.15, 0.2) is 45.9 Å². The maximum Gasteiger partial charge on any atom is 0.288 e. The van der Waals surface area contributed by atoms with Gasteiger partial charge in [-0.05, 0) is 24.3 Å². The van der Waals surface area contributed by atoms with Crippen molar-refractivity contribution in [2.45, 2.75) is 6.54 Å². The summed E-state index contributed by atoms with van der Waals surface area (Å²) in [6.07, 6.45) is 2.78. The van der Waals surface area contributed by atoms with Crippen LogP contribution >= 0.6 is 27.5 Å². The first-order chi connectivity index (χ1) is 9.06. The number of anilines is 1. The standard InChI is InChI=1S/C12H9BrClN3O2/c13-8-1-3-9(4-2-8)16-10(18)7-17-6-5-15-11(14)12(17)19/h1-6H,7H2,(H,16,18). The topological polar surface area (TPSA) is 64.0 Å². The first-order valence-electron chi connectivity index (χ1n) is 5.32. The second-order valence-corrected chi connectivity index (χ2v) is 4.98. The Morgan fingerprint density at radius 1 is 1.37 bits per heavy atom. The van der Waals surface area contributed by atoms with E-state index in [1.807, 2.05) is 12.1 Å². The first-order valence-corrected chi connectivity index (χ1v) is 6.50. The lowest BCUT2D eigenvalue weighted by Gasteiger charge is -2.07. The molecule has 7 heteroatoms. The molecule has 19 heavy (non-hydrogen) atoms. The molecule has 0 aliphatic rings. The van der Waals surface area contributed by atoms with Crippen molar-refractivity contribution in [3.63, 3.8) is 0 Å². The van der Waals surface area contributed by atoms with Gasteiger partial charge in [0.15, 0.2) is 5.15 Å². The van der Waals surface area contributed by atoms with Crippen molar-refractivity contribution in [2.24, 2.45) is 0 Å². The number of halogens is 2. The van der Waals surface area contributed by atoms with Gasteiger partial charge in [0.25, 0.3) is 5.56 Å². The first kappa shape index (κ1) is 13.8. The fraction of sp³-hybridized carbons (Fsp3) is 0.0833. The second kappa shape index (κ2) is 5.99. The summed E-state index contributed by atoms with van der Waals surface area (Å²) in [5.74, 6) is -0.313. The van der Waals surface area contributed by atoms with Crippen LogP contribution in [0.1, 0.15) is 0 Å². The SMILES string of the molecule is O=C(Cn1ccnc(Cl)c1=O)Nc1ccc(Br)cc1. The zero-order valence-electron chi connectivity index (χ0n) is 9.64. The molecule has 98 valence electrons. The Kier molecular flexibility index (Phi) is 4.34.